The zero-order chi connectivity index (χ0) is 18.5. The van der Waals surface area contributed by atoms with Crippen molar-refractivity contribution in [1.29, 1.82) is 0 Å². The summed E-state index contributed by atoms with van der Waals surface area (Å²) >= 11 is 5.90. The van der Waals surface area contributed by atoms with Crippen molar-refractivity contribution >= 4 is 40.7 Å². The van der Waals surface area contributed by atoms with Gasteiger partial charge in [-0.2, -0.15) is 0 Å². The van der Waals surface area contributed by atoms with Crippen molar-refractivity contribution in [2.45, 2.75) is 18.2 Å². The Morgan fingerprint density at radius 3 is 2.62 bits per heavy atom. The molecule has 3 aromatic rings. The number of rotatable bonds is 6. The van der Waals surface area contributed by atoms with Crippen molar-refractivity contribution in [3.8, 4) is 11.3 Å². The van der Waals surface area contributed by atoms with Gasteiger partial charge in [-0.05, 0) is 34.9 Å². The summed E-state index contributed by atoms with van der Waals surface area (Å²) in [6.45, 7) is 10.2. The maximum atomic E-state index is 4.69. The molecule has 0 fully saturated rings. The quantitative estimate of drug-likeness (QED) is 0.274. The van der Waals surface area contributed by atoms with Gasteiger partial charge in [-0.3, -0.25) is 4.98 Å². The molecule has 0 radical (unpaired) electrons. The normalized spacial score (nSPS) is 11.2. The third kappa shape index (κ3) is 4.29. The maximum Gasteiger partial charge on any atom is 0.0713 e. The lowest BCUT2D eigenvalue weighted by Gasteiger charge is -2.11. The summed E-state index contributed by atoms with van der Waals surface area (Å²) in [5.74, 6) is 0. The first kappa shape index (κ1) is 18.6. The highest BCUT2D eigenvalue weighted by Crippen LogP contribution is 2.36. The molecule has 1 nitrogen and oxygen atoms in total. The number of nitrogens with zero attached hydrogens (tertiary/aromatic N) is 1. The zero-order valence-corrected chi connectivity index (χ0v) is 16.5. The topological polar surface area (TPSA) is 12.9 Å². The summed E-state index contributed by atoms with van der Waals surface area (Å²) in [7, 11) is 0. The van der Waals surface area contributed by atoms with Crippen LogP contribution < -0.4 is 0 Å². The van der Waals surface area contributed by atoms with Gasteiger partial charge in [0.2, 0.25) is 0 Å². The Labute approximate surface area is 165 Å². The Morgan fingerprint density at radius 1 is 1.12 bits per heavy atom. The van der Waals surface area contributed by atoms with Crippen LogP contribution >= 0.6 is 24.4 Å². The van der Waals surface area contributed by atoms with Crippen LogP contribution in [-0.2, 0) is 0 Å². The minimum Gasteiger partial charge on any atom is -0.256 e. The summed E-state index contributed by atoms with van der Waals surface area (Å²) in [6, 6.07) is 16.9. The molecule has 0 aliphatic carbocycles. The van der Waals surface area contributed by atoms with Gasteiger partial charge in [0, 0.05) is 26.5 Å². The van der Waals surface area contributed by atoms with Crippen LogP contribution in [0.5, 0.6) is 0 Å². The molecule has 0 amide bonds. The fraction of sp³-hybridized carbons (Fsp3) is 0.0870. The molecule has 0 aliphatic heterocycles. The minimum atomic E-state index is 0.745. The smallest absolute Gasteiger partial charge is 0.0713 e. The predicted molar refractivity (Wildman–Crippen MR) is 120 cm³/mol. The second kappa shape index (κ2) is 8.43. The second-order valence-corrected chi connectivity index (χ2v) is 7.94. The molecule has 0 saturated heterocycles. The number of thiol groups is 1. The van der Waals surface area contributed by atoms with Crippen LogP contribution in [0.25, 0.3) is 27.6 Å². The van der Waals surface area contributed by atoms with Crippen LogP contribution in [0.3, 0.4) is 0 Å². The number of thioether (sulfide) groups is 1. The second-order valence-electron chi connectivity index (χ2n) is 5.96. The Balaban J connectivity index is 2.05. The first-order chi connectivity index (χ1) is 12.6. The van der Waals surface area contributed by atoms with Crippen LogP contribution in [0.2, 0.25) is 0 Å². The Hall–Kier alpha value is -2.23. The highest BCUT2D eigenvalue weighted by atomic mass is 32.2. The van der Waals surface area contributed by atoms with Crippen LogP contribution in [0.1, 0.15) is 18.9 Å². The van der Waals surface area contributed by atoms with Crippen molar-refractivity contribution in [1.82, 2.24) is 4.98 Å². The highest BCUT2D eigenvalue weighted by molar-refractivity contribution is 8.15. The van der Waals surface area contributed by atoms with Crippen LogP contribution in [-0.4, -0.2) is 4.98 Å². The van der Waals surface area contributed by atoms with E-state index < -0.39 is 0 Å². The molecule has 1 aromatic heterocycles. The Kier molecular flexibility index (Phi) is 6.02. The molecule has 0 atom stereocenters. The molecule has 3 rings (SSSR count). The van der Waals surface area contributed by atoms with Gasteiger partial charge in [0.05, 0.1) is 5.69 Å². The molecular weight excluding hydrogens is 354 g/mol. The number of allylic oxidation sites excluding steroid dienone is 3. The fourth-order valence-corrected chi connectivity index (χ4v) is 3.76. The summed E-state index contributed by atoms with van der Waals surface area (Å²) in [4.78, 5) is 5.75. The summed E-state index contributed by atoms with van der Waals surface area (Å²) in [5.41, 5.74) is 3.99. The van der Waals surface area contributed by atoms with Gasteiger partial charge in [-0.15, -0.1) is 12.6 Å². The van der Waals surface area contributed by atoms with E-state index in [1.807, 2.05) is 12.3 Å². The average Bonchev–Trinajstić information content (AvgIpc) is 2.65. The highest BCUT2D eigenvalue weighted by Gasteiger charge is 2.10. The largest absolute Gasteiger partial charge is 0.256 e. The molecule has 1 heterocycles. The standard InChI is InChI=1S/C23H21NS2/c1-4-5-8-16(2)21-15-24-22(14-23(21)26-17(3)25)20-12-11-18-9-6-7-10-19(18)13-20/h5-15,25H,2-4H2,1H3/b8-5-. The molecule has 26 heavy (non-hydrogen) atoms. The zero-order valence-electron chi connectivity index (χ0n) is 14.8. The maximum absolute atomic E-state index is 4.69. The lowest BCUT2D eigenvalue weighted by atomic mass is 10.0. The number of aromatic nitrogens is 1. The van der Waals surface area contributed by atoms with Crippen molar-refractivity contribution in [3.63, 3.8) is 0 Å². The van der Waals surface area contributed by atoms with E-state index >= 15 is 0 Å². The van der Waals surface area contributed by atoms with Crippen molar-refractivity contribution < 1.29 is 0 Å². The third-order valence-corrected chi connectivity index (χ3v) is 5.11. The molecule has 2 aromatic carbocycles. The SMILES string of the molecule is C=C(S)Sc1cc(-c2ccc3ccccc3c2)ncc1C(=C)/C=C\CC. The molecule has 0 aliphatic rings. The molecule has 0 bridgehead atoms. The van der Waals surface area contributed by atoms with E-state index in [1.54, 1.807) is 0 Å². The first-order valence-corrected chi connectivity index (χ1v) is 9.75. The lowest BCUT2D eigenvalue weighted by Crippen LogP contribution is -1.91. The van der Waals surface area contributed by atoms with E-state index in [4.69, 9.17) is 4.98 Å². The van der Waals surface area contributed by atoms with E-state index in [-0.39, 0.29) is 0 Å². The molecule has 0 N–H and O–H groups in total. The molecule has 0 unspecified atom stereocenters. The van der Waals surface area contributed by atoms with E-state index in [0.717, 1.165) is 37.9 Å². The van der Waals surface area contributed by atoms with E-state index in [1.165, 1.54) is 22.5 Å². The van der Waals surface area contributed by atoms with Gasteiger partial charge < -0.3 is 0 Å². The number of fused-ring (bicyclic) bond motifs is 1. The van der Waals surface area contributed by atoms with E-state index in [2.05, 4.69) is 87.3 Å². The molecule has 0 saturated carbocycles. The molecule has 3 heteroatoms. The Bertz CT molecular complexity index is 1000. The van der Waals surface area contributed by atoms with Gasteiger partial charge in [0.25, 0.3) is 0 Å². The Morgan fingerprint density at radius 2 is 1.88 bits per heavy atom. The van der Waals surface area contributed by atoms with Crippen LogP contribution in [0.4, 0.5) is 0 Å². The van der Waals surface area contributed by atoms with Gasteiger partial charge in [-0.25, -0.2) is 0 Å². The number of hydrogen-bond donors (Lipinski definition) is 1. The molecular formula is C23H21NS2. The fourth-order valence-electron chi connectivity index (χ4n) is 2.75. The van der Waals surface area contributed by atoms with Gasteiger partial charge in [-0.1, -0.05) is 80.4 Å². The van der Waals surface area contributed by atoms with Crippen LogP contribution in [0.15, 0.2) is 89.2 Å². The number of hydrogen-bond acceptors (Lipinski definition) is 3. The predicted octanol–water partition coefficient (Wildman–Crippen LogP) is 7.37. The number of pyridine rings is 1. The molecule has 0 spiro atoms. The monoisotopic (exact) mass is 375 g/mol. The van der Waals surface area contributed by atoms with Gasteiger partial charge in [0.1, 0.15) is 0 Å². The minimum absolute atomic E-state index is 0.745. The average molecular weight is 376 g/mol. The number of benzene rings is 2. The van der Waals surface area contributed by atoms with E-state index in [9.17, 15) is 0 Å². The lowest BCUT2D eigenvalue weighted by molar-refractivity contribution is 1.22. The van der Waals surface area contributed by atoms with Crippen LogP contribution in [0, 0.1) is 0 Å². The first-order valence-electron chi connectivity index (χ1n) is 8.49. The molecule has 130 valence electrons. The summed E-state index contributed by atoms with van der Waals surface area (Å²) in [5, 5.41) is 2.43. The van der Waals surface area contributed by atoms with E-state index in [0.29, 0.717) is 0 Å². The van der Waals surface area contributed by atoms with Crippen molar-refractivity contribution in [3.05, 3.63) is 89.8 Å². The van der Waals surface area contributed by atoms with Gasteiger partial charge in [0.15, 0.2) is 0 Å². The van der Waals surface area contributed by atoms with Gasteiger partial charge >= 0.3 is 0 Å². The summed E-state index contributed by atoms with van der Waals surface area (Å²) in [6.07, 6.45) is 7.01. The third-order valence-electron chi connectivity index (χ3n) is 4.04. The van der Waals surface area contributed by atoms with Crippen molar-refractivity contribution in [2.75, 3.05) is 0 Å². The summed E-state index contributed by atoms with van der Waals surface area (Å²) < 4.78 is 0.745. The van der Waals surface area contributed by atoms with Crippen molar-refractivity contribution in [2.24, 2.45) is 0 Å².